The smallest absolute Gasteiger partial charge is 0.308 e. The van der Waals surface area contributed by atoms with Gasteiger partial charge in [-0.2, -0.15) is 61.4 Å². The van der Waals surface area contributed by atoms with Gasteiger partial charge in [0.2, 0.25) is 0 Å². The summed E-state index contributed by atoms with van der Waals surface area (Å²) in [4.78, 5) is 13.0. The van der Waals surface area contributed by atoms with Crippen LogP contribution < -0.4 is 129 Å². The fraction of sp³-hybridized carbons (Fsp3) is 0.140. The largest absolute Gasteiger partial charge is 1.00 e. The summed E-state index contributed by atoms with van der Waals surface area (Å²) < 4.78 is 0. The first kappa shape index (κ1) is 63.2. The minimum absolute atomic E-state index is 0. The normalized spacial score (nSPS) is 11.3. The van der Waals surface area contributed by atoms with Crippen LogP contribution in [0.15, 0.2) is 219 Å². The molecular formula is C57H52N14Na4O+4. The van der Waals surface area contributed by atoms with Gasteiger partial charge in [0.05, 0.1) is 68.2 Å². The topological polar surface area (TPSA) is 189 Å². The average Bonchev–Trinajstić information content (AvgIpc) is 3.36. The van der Waals surface area contributed by atoms with Gasteiger partial charge >= 0.3 is 124 Å². The van der Waals surface area contributed by atoms with E-state index >= 15 is 0 Å². The van der Waals surface area contributed by atoms with Gasteiger partial charge < -0.3 is 10.6 Å². The average molecular weight is 1040 g/mol. The van der Waals surface area contributed by atoms with Gasteiger partial charge in [-0.15, -0.1) is 0 Å². The number of nitrogens with zero attached hydrogens (tertiary/aromatic N) is 12. The fourth-order valence-corrected chi connectivity index (χ4v) is 7.13. The Hall–Kier alpha value is -5.37. The number of nitrogens with one attached hydrogen (secondary N) is 2. The summed E-state index contributed by atoms with van der Waals surface area (Å²) in [7, 11) is 0. The molecule has 8 aromatic rings. The minimum atomic E-state index is -0.391. The van der Waals surface area contributed by atoms with Gasteiger partial charge in [0, 0.05) is 11.4 Å². The van der Waals surface area contributed by atoms with Crippen molar-refractivity contribution in [1.82, 2.24) is 0 Å². The number of anilines is 2. The fourth-order valence-electron chi connectivity index (χ4n) is 7.13. The van der Waals surface area contributed by atoms with Crippen LogP contribution in [0.4, 0.5) is 84.4 Å². The van der Waals surface area contributed by atoms with Crippen LogP contribution in [0.2, 0.25) is 0 Å². The number of rotatable bonds is 14. The number of hydrogen-bond donors (Lipinski definition) is 2. The third kappa shape index (κ3) is 18.4. The van der Waals surface area contributed by atoms with Gasteiger partial charge in [0.15, 0.2) is 0 Å². The van der Waals surface area contributed by atoms with E-state index in [-0.39, 0.29) is 118 Å². The predicted octanol–water partition coefficient (Wildman–Crippen LogP) is 8.31. The van der Waals surface area contributed by atoms with Gasteiger partial charge in [-0.1, -0.05) is 35.4 Å². The number of benzene rings is 8. The van der Waals surface area contributed by atoms with Crippen molar-refractivity contribution in [3.05, 3.63) is 202 Å². The molecule has 0 heterocycles. The molecule has 0 fully saturated rings. The second kappa shape index (κ2) is 30.5. The van der Waals surface area contributed by atoms with Crippen molar-refractivity contribution in [2.24, 2.45) is 61.4 Å². The second-order valence-electron chi connectivity index (χ2n) is 17.3. The van der Waals surface area contributed by atoms with Crippen molar-refractivity contribution in [2.45, 2.75) is 55.4 Å². The Morgan fingerprint density at radius 3 is 0.737 bits per heavy atom. The Balaban J connectivity index is 0.00000312. The van der Waals surface area contributed by atoms with E-state index in [2.05, 4.69) is 72.0 Å². The molecule has 0 spiro atoms. The molecule has 356 valence electrons. The molecule has 76 heavy (non-hydrogen) atoms. The molecule has 8 aromatic carbocycles. The molecule has 0 aliphatic carbocycles. The molecule has 15 nitrogen and oxygen atoms in total. The summed E-state index contributed by atoms with van der Waals surface area (Å²) in [5, 5.41) is 59.0. The number of azo groups is 6. The summed E-state index contributed by atoms with van der Waals surface area (Å²) in [5.74, 6) is 0. The molecule has 0 saturated carbocycles. The van der Waals surface area contributed by atoms with Gasteiger partial charge in [-0.3, -0.25) is 0 Å². The molecule has 0 atom stereocenters. The molecule has 0 saturated heterocycles. The predicted molar refractivity (Wildman–Crippen MR) is 287 cm³/mol. The Morgan fingerprint density at radius 2 is 0.474 bits per heavy atom. The molecule has 19 heteroatoms. The van der Waals surface area contributed by atoms with Crippen LogP contribution in [0.3, 0.4) is 0 Å². The summed E-state index contributed by atoms with van der Waals surface area (Å²) >= 11 is 0. The van der Waals surface area contributed by atoms with Gasteiger partial charge in [-0.05, 0) is 222 Å². The van der Waals surface area contributed by atoms with Gasteiger partial charge in [-0.25, -0.2) is 4.79 Å². The van der Waals surface area contributed by atoms with Crippen LogP contribution in [0.5, 0.6) is 0 Å². The Bertz CT molecular complexity index is 3260. The van der Waals surface area contributed by atoms with Crippen molar-refractivity contribution in [3.63, 3.8) is 0 Å². The molecular weight excluding hydrogens is 989 g/mol. The quantitative estimate of drug-likeness (QED) is 0.0805. The zero-order valence-electron chi connectivity index (χ0n) is 45.3. The van der Waals surface area contributed by atoms with E-state index in [1.807, 2.05) is 201 Å². The van der Waals surface area contributed by atoms with E-state index in [0.717, 1.165) is 78.9 Å². The van der Waals surface area contributed by atoms with E-state index in [1.165, 1.54) is 11.1 Å². The minimum Gasteiger partial charge on any atom is -0.308 e. The van der Waals surface area contributed by atoms with Crippen LogP contribution in [0.1, 0.15) is 44.5 Å². The standard InChI is InChI=1S/C57H52N14O.4Na/c1-35-9-13-43(14-10-35)60-62-47-19-25-53(39(5)31-47)68-70-55-27-21-49(33-41(55)7)64-66-51-23-17-45(29-37(51)3)58-57(72)59-46-18-24-52(38(4)30-46)67-65-50-22-28-56(42(8)34-50)71-69-54-26-20-48(32-40(54)6)63-61-44-15-11-36(2)12-16-44;;;;/h9-34H,1-8H3,(H2,58,59,72);;;;/q;4*+1. The Labute approximate surface area is 532 Å². The number of hydrogen-bond acceptors (Lipinski definition) is 13. The third-order valence-electron chi connectivity index (χ3n) is 11.3. The van der Waals surface area contributed by atoms with Crippen molar-refractivity contribution in [1.29, 1.82) is 0 Å². The maximum Gasteiger partial charge on any atom is 1.00 e. The maximum absolute atomic E-state index is 13.0. The molecule has 8 rings (SSSR count). The monoisotopic (exact) mass is 1040 g/mol. The summed E-state index contributed by atoms with van der Waals surface area (Å²) in [5.41, 5.74) is 17.6. The number of carbonyl (C=O) groups is 1. The van der Waals surface area contributed by atoms with E-state index in [9.17, 15) is 4.79 Å². The molecule has 0 aliphatic heterocycles. The second-order valence-corrected chi connectivity index (χ2v) is 17.3. The molecule has 0 radical (unpaired) electrons. The molecule has 0 bridgehead atoms. The zero-order chi connectivity index (χ0) is 50.6. The van der Waals surface area contributed by atoms with Crippen LogP contribution in [0.25, 0.3) is 0 Å². The summed E-state index contributed by atoms with van der Waals surface area (Å²) in [6.45, 7) is 15.7. The zero-order valence-corrected chi connectivity index (χ0v) is 53.3. The SMILES string of the molecule is Cc1ccc(N=Nc2ccc(N=Nc3ccc(N=Nc4ccc(NC(=O)Nc5ccc(N=Nc6ccc(N=Nc7ccc(N=Nc8ccc(C)cc8)cc7C)c(C)c6)c(C)c5)cc4C)cc3C)c(C)c2)cc1.[Na+].[Na+].[Na+].[Na+]. The third-order valence-corrected chi connectivity index (χ3v) is 11.3. The number of urea groups is 1. The van der Waals surface area contributed by atoms with Gasteiger partial charge in [0.1, 0.15) is 0 Å². The number of amides is 2. The molecule has 2 amide bonds. The Kier molecular flexibility index (Phi) is 25.4. The summed E-state index contributed by atoms with van der Waals surface area (Å²) in [6, 6.07) is 48.9. The van der Waals surface area contributed by atoms with Crippen molar-refractivity contribution >= 4 is 85.7 Å². The van der Waals surface area contributed by atoms with Crippen molar-refractivity contribution < 1.29 is 123 Å². The van der Waals surface area contributed by atoms with E-state index in [0.29, 0.717) is 34.1 Å². The molecule has 0 aliphatic rings. The van der Waals surface area contributed by atoms with Crippen molar-refractivity contribution in [3.8, 4) is 0 Å². The summed E-state index contributed by atoms with van der Waals surface area (Å²) in [6.07, 6.45) is 0. The first-order valence-corrected chi connectivity index (χ1v) is 23.2. The van der Waals surface area contributed by atoms with Crippen molar-refractivity contribution in [2.75, 3.05) is 10.6 Å². The molecule has 0 unspecified atom stereocenters. The van der Waals surface area contributed by atoms with E-state index in [1.54, 1.807) is 12.1 Å². The van der Waals surface area contributed by atoms with Crippen LogP contribution >= 0.6 is 0 Å². The molecule has 0 aromatic heterocycles. The van der Waals surface area contributed by atoms with Crippen LogP contribution in [-0.4, -0.2) is 6.03 Å². The first-order chi connectivity index (χ1) is 34.8. The maximum atomic E-state index is 13.0. The number of carbonyl (C=O) groups excluding carboxylic acids is 1. The Morgan fingerprint density at radius 1 is 0.263 bits per heavy atom. The van der Waals surface area contributed by atoms with E-state index < -0.39 is 6.03 Å². The van der Waals surface area contributed by atoms with E-state index in [4.69, 9.17) is 0 Å². The first-order valence-electron chi connectivity index (χ1n) is 23.2. The van der Waals surface area contributed by atoms with Gasteiger partial charge in [0.25, 0.3) is 0 Å². The number of aryl methyl sites for hydroxylation is 8. The molecule has 2 N–H and O–H groups in total. The van der Waals surface area contributed by atoms with Crippen LogP contribution in [0, 0.1) is 55.4 Å². The van der Waals surface area contributed by atoms with Crippen LogP contribution in [-0.2, 0) is 0 Å².